The van der Waals surface area contributed by atoms with E-state index in [1.54, 1.807) is 24.5 Å². The van der Waals surface area contributed by atoms with Gasteiger partial charge in [-0.15, -0.1) is 0 Å². The Morgan fingerprint density at radius 2 is 1.21 bits per heavy atom. The van der Waals surface area contributed by atoms with Crippen molar-refractivity contribution >= 4 is 0 Å². The van der Waals surface area contributed by atoms with Crippen molar-refractivity contribution in [1.82, 2.24) is 19.9 Å². The van der Waals surface area contributed by atoms with Crippen LogP contribution in [-0.2, 0) is 19.6 Å². The maximum absolute atomic E-state index is 12.2. The van der Waals surface area contributed by atoms with Crippen LogP contribution in [0.5, 0.6) is 5.75 Å². The maximum Gasteiger partial charge on any atom is 0.0699 e. The van der Waals surface area contributed by atoms with Crippen molar-refractivity contribution in [2.45, 2.75) is 19.6 Å². The van der Waals surface area contributed by atoms with Crippen molar-refractivity contribution < 1.29 is 5.11 Å². The van der Waals surface area contributed by atoms with E-state index in [1.165, 1.54) is 0 Å². The Kier molecular flexibility index (Phi) is 5.88. The fourth-order valence-electron chi connectivity index (χ4n) is 3.23. The van der Waals surface area contributed by atoms with Crippen LogP contribution in [0, 0.1) is 0 Å². The van der Waals surface area contributed by atoms with Gasteiger partial charge in [-0.25, -0.2) is 0 Å². The summed E-state index contributed by atoms with van der Waals surface area (Å²) < 4.78 is 0. The van der Waals surface area contributed by atoms with E-state index in [1.807, 2.05) is 66.7 Å². The molecule has 0 amide bonds. The predicted molar refractivity (Wildman–Crippen MR) is 111 cm³/mol. The van der Waals surface area contributed by atoms with Crippen LogP contribution in [0.25, 0.3) is 11.3 Å². The highest BCUT2D eigenvalue weighted by molar-refractivity contribution is 5.65. The number of hydrogen-bond donors (Lipinski definition) is 0. The lowest BCUT2D eigenvalue weighted by Gasteiger charge is -2.22. The lowest BCUT2D eigenvalue weighted by Crippen LogP contribution is -2.24. The zero-order valence-corrected chi connectivity index (χ0v) is 16.0. The second-order valence-electron chi connectivity index (χ2n) is 6.80. The molecule has 0 aliphatic carbocycles. The monoisotopic (exact) mass is 381 g/mol. The first-order chi connectivity index (χ1) is 14.3. The van der Waals surface area contributed by atoms with Gasteiger partial charge in [-0.1, -0.05) is 48.2 Å². The molecule has 29 heavy (non-hydrogen) atoms. The van der Waals surface area contributed by atoms with Crippen LogP contribution in [0.4, 0.5) is 0 Å². The summed E-state index contributed by atoms with van der Waals surface area (Å²) in [5.74, 6) is -0.0176. The van der Waals surface area contributed by atoms with Crippen LogP contribution in [0.15, 0.2) is 91.3 Å². The van der Waals surface area contributed by atoms with E-state index in [9.17, 15) is 5.11 Å². The zero-order chi connectivity index (χ0) is 19.9. The SMILES string of the molecule is [O-]c1ccccc1-c1cccc(CN(Cc2ccccn2)Cc2ccccn2)n1. The Morgan fingerprint density at radius 1 is 0.621 bits per heavy atom. The standard InChI is InChI=1S/C24H22N4O/c29-24-13-2-1-11-22(24)23-12-7-10-21(27-23)18-28(16-19-8-3-5-14-25-19)17-20-9-4-6-15-26-20/h1-15,29H,16-18H2/p-1. The Bertz CT molecular complexity index is 1010. The number of pyridine rings is 3. The van der Waals surface area contributed by atoms with Crippen molar-refractivity contribution in [1.29, 1.82) is 0 Å². The van der Waals surface area contributed by atoms with Gasteiger partial charge in [0, 0.05) is 32.0 Å². The van der Waals surface area contributed by atoms with Crippen LogP contribution < -0.4 is 5.11 Å². The summed E-state index contributed by atoms with van der Waals surface area (Å²) >= 11 is 0. The molecule has 0 aliphatic heterocycles. The summed E-state index contributed by atoms with van der Waals surface area (Å²) in [4.78, 5) is 15.9. The third-order valence-electron chi connectivity index (χ3n) is 4.58. The average Bonchev–Trinajstić information content (AvgIpc) is 2.76. The zero-order valence-electron chi connectivity index (χ0n) is 16.0. The Balaban J connectivity index is 1.58. The van der Waals surface area contributed by atoms with Crippen LogP contribution in [0.3, 0.4) is 0 Å². The number of rotatable bonds is 7. The van der Waals surface area contributed by atoms with Crippen molar-refractivity contribution in [3.8, 4) is 17.0 Å². The fourth-order valence-corrected chi connectivity index (χ4v) is 3.23. The number of benzene rings is 1. The fraction of sp³-hybridized carbons (Fsp3) is 0.125. The van der Waals surface area contributed by atoms with E-state index in [4.69, 9.17) is 4.98 Å². The largest absolute Gasteiger partial charge is 0.872 e. The molecule has 1 aromatic carbocycles. The van der Waals surface area contributed by atoms with Gasteiger partial charge >= 0.3 is 0 Å². The molecule has 5 nitrogen and oxygen atoms in total. The molecule has 0 saturated heterocycles. The molecule has 0 bridgehead atoms. The molecular formula is C24H21N4O-. The minimum atomic E-state index is -0.0176. The molecule has 0 fully saturated rings. The summed E-state index contributed by atoms with van der Waals surface area (Å²) in [7, 11) is 0. The van der Waals surface area contributed by atoms with Crippen molar-refractivity contribution in [2.75, 3.05) is 0 Å². The topological polar surface area (TPSA) is 65.0 Å². The quantitative estimate of drug-likeness (QED) is 0.487. The van der Waals surface area contributed by atoms with Gasteiger partial charge in [0.15, 0.2) is 0 Å². The molecule has 3 aromatic heterocycles. The van der Waals surface area contributed by atoms with Gasteiger partial charge in [0.05, 0.1) is 22.8 Å². The molecule has 0 aliphatic rings. The lowest BCUT2D eigenvalue weighted by molar-refractivity contribution is -0.267. The van der Waals surface area contributed by atoms with Crippen molar-refractivity contribution in [3.63, 3.8) is 0 Å². The molecule has 144 valence electrons. The van der Waals surface area contributed by atoms with Gasteiger partial charge < -0.3 is 5.11 Å². The van der Waals surface area contributed by atoms with Gasteiger partial charge in [-0.2, -0.15) is 0 Å². The smallest absolute Gasteiger partial charge is 0.0699 e. The first-order valence-electron chi connectivity index (χ1n) is 9.52. The predicted octanol–water partition coefficient (Wildman–Crippen LogP) is 3.81. The molecule has 0 saturated carbocycles. The highest BCUT2D eigenvalue weighted by Crippen LogP contribution is 2.25. The molecule has 0 spiro atoms. The van der Waals surface area contributed by atoms with Crippen LogP contribution in [0.2, 0.25) is 0 Å². The van der Waals surface area contributed by atoms with E-state index in [0.717, 1.165) is 17.1 Å². The lowest BCUT2D eigenvalue weighted by atomic mass is 10.1. The van der Waals surface area contributed by atoms with Gasteiger partial charge in [0.1, 0.15) is 0 Å². The minimum Gasteiger partial charge on any atom is -0.872 e. The Labute approximate surface area is 170 Å². The molecule has 4 rings (SSSR count). The van der Waals surface area contributed by atoms with Crippen molar-refractivity contribution in [2.24, 2.45) is 0 Å². The third-order valence-corrected chi connectivity index (χ3v) is 4.58. The summed E-state index contributed by atoms with van der Waals surface area (Å²) in [6, 6.07) is 24.6. The highest BCUT2D eigenvalue weighted by atomic mass is 16.3. The minimum absolute atomic E-state index is 0.0176. The van der Waals surface area contributed by atoms with Gasteiger partial charge in [0.25, 0.3) is 0 Å². The summed E-state index contributed by atoms with van der Waals surface area (Å²) in [5, 5.41) is 12.2. The second-order valence-corrected chi connectivity index (χ2v) is 6.80. The van der Waals surface area contributed by atoms with Crippen LogP contribution >= 0.6 is 0 Å². The van der Waals surface area contributed by atoms with E-state index < -0.39 is 0 Å². The number of hydrogen-bond acceptors (Lipinski definition) is 5. The van der Waals surface area contributed by atoms with E-state index >= 15 is 0 Å². The molecule has 3 heterocycles. The second kappa shape index (κ2) is 9.08. The van der Waals surface area contributed by atoms with E-state index in [2.05, 4.69) is 14.9 Å². The molecule has 4 aromatic rings. The summed E-state index contributed by atoms with van der Waals surface area (Å²) in [6.07, 6.45) is 3.61. The average molecular weight is 381 g/mol. The summed E-state index contributed by atoms with van der Waals surface area (Å²) in [5.41, 5.74) is 4.20. The van der Waals surface area contributed by atoms with Crippen molar-refractivity contribution in [3.05, 3.63) is 108 Å². The molecule has 0 N–H and O–H groups in total. The van der Waals surface area contributed by atoms with Gasteiger partial charge in [-0.3, -0.25) is 19.9 Å². The van der Waals surface area contributed by atoms with Gasteiger partial charge in [0.2, 0.25) is 0 Å². The van der Waals surface area contributed by atoms with E-state index in [0.29, 0.717) is 30.9 Å². The molecule has 0 radical (unpaired) electrons. The first kappa shape index (κ1) is 18.8. The first-order valence-corrected chi connectivity index (χ1v) is 9.52. The third kappa shape index (κ3) is 5.03. The summed E-state index contributed by atoms with van der Waals surface area (Å²) in [6.45, 7) is 1.99. The molecule has 5 heteroatoms. The molecule has 0 unspecified atom stereocenters. The van der Waals surface area contributed by atoms with Crippen LogP contribution in [-0.4, -0.2) is 19.9 Å². The number of nitrogens with zero attached hydrogens (tertiary/aromatic N) is 4. The maximum atomic E-state index is 12.2. The number of aromatic nitrogens is 3. The molecular weight excluding hydrogens is 360 g/mol. The number of para-hydroxylation sites is 1. The molecule has 0 atom stereocenters. The van der Waals surface area contributed by atoms with Crippen LogP contribution in [0.1, 0.15) is 17.1 Å². The normalized spacial score (nSPS) is 10.9. The Morgan fingerprint density at radius 3 is 1.83 bits per heavy atom. The Hall–Kier alpha value is -3.57. The van der Waals surface area contributed by atoms with Gasteiger partial charge in [-0.05, 0) is 42.0 Å². The highest BCUT2D eigenvalue weighted by Gasteiger charge is 2.11. The van der Waals surface area contributed by atoms with E-state index in [-0.39, 0.29) is 5.75 Å².